The molecule has 7 heteroatoms. The highest BCUT2D eigenvalue weighted by atomic mass is 19.4. The largest absolute Gasteiger partial charge is 0.473 e. The number of anilines is 1. The average molecular weight is 269 g/mol. The molecule has 0 saturated carbocycles. The molecule has 0 bridgehead atoms. The van der Waals surface area contributed by atoms with Crippen LogP contribution in [0.25, 0.3) is 0 Å². The average Bonchev–Trinajstić information content (AvgIpc) is 2.36. The topological polar surface area (TPSA) is 61.0 Å². The standard InChI is InChI=1S/C12H10F3N3O/c13-12(14,15)11-17-9(16)6-10(18-11)19-7-8-4-2-1-3-5-8/h1-6H,7H2,(H2,16,17,18). The monoisotopic (exact) mass is 269 g/mol. The summed E-state index contributed by atoms with van der Waals surface area (Å²) in [6, 6.07) is 10.2. The summed E-state index contributed by atoms with van der Waals surface area (Å²) in [6.07, 6.45) is -4.65. The van der Waals surface area contributed by atoms with Gasteiger partial charge in [0.2, 0.25) is 11.7 Å². The summed E-state index contributed by atoms with van der Waals surface area (Å²) in [5.41, 5.74) is 6.11. The highest BCUT2D eigenvalue weighted by molar-refractivity contribution is 5.33. The maximum absolute atomic E-state index is 12.5. The third-order valence-corrected chi connectivity index (χ3v) is 2.21. The molecule has 0 aliphatic carbocycles. The summed E-state index contributed by atoms with van der Waals surface area (Å²) in [5.74, 6) is -1.80. The molecule has 1 heterocycles. The number of hydrogen-bond acceptors (Lipinski definition) is 4. The Hall–Kier alpha value is -2.31. The van der Waals surface area contributed by atoms with Crippen molar-refractivity contribution in [2.45, 2.75) is 12.8 Å². The summed E-state index contributed by atoms with van der Waals surface area (Å²) in [7, 11) is 0. The van der Waals surface area contributed by atoms with Gasteiger partial charge >= 0.3 is 6.18 Å². The van der Waals surface area contributed by atoms with E-state index in [1.165, 1.54) is 0 Å². The first-order valence-corrected chi connectivity index (χ1v) is 5.33. The van der Waals surface area contributed by atoms with Gasteiger partial charge < -0.3 is 10.5 Å². The summed E-state index contributed by atoms with van der Waals surface area (Å²) in [4.78, 5) is 6.40. The van der Waals surface area contributed by atoms with Crippen LogP contribution in [0.3, 0.4) is 0 Å². The summed E-state index contributed by atoms with van der Waals surface area (Å²) in [6.45, 7) is 0.106. The minimum Gasteiger partial charge on any atom is -0.473 e. The van der Waals surface area contributed by atoms with Gasteiger partial charge in [0.25, 0.3) is 0 Å². The Labute approximate surface area is 107 Å². The predicted octanol–water partition coefficient (Wildman–Crippen LogP) is 2.66. The normalized spacial score (nSPS) is 11.3. The lowest BCUT2D eigenvalue weighted by molar-refractivity contribution is -0.145. The van der Waals surface area contributed by atoms with Gasteiger partial charge in [-0.2, -0.15) is 18.2 Å². The van der Waals surface area contributed by atoms with Crippen molar-refractivity contribution in [3.63, 3.8) is 0 Å². The molecule has 2 rings (SSSR count). The molecule has 0 radical (unpaired) electrons. The summed E-state index contributed by atoms with van der Waals surface area (Å²) >= 11 is 0. The molecule has 0 amide bonds. The lowest BCUT2D eigenvalue weighted by Crippen LogP contribution is -2.13. The van der Waals surface area contributed by atoms with Gasteiger partial charge in [-0.1, -0.05) is 30.3 Å². The Bertz CT molecular complexity index is 558. The molecule has 1 aromatic heterocycles. The van der Waals surface area contributed by atoms with E-state index in [0.717, 1.165) is 11.6 Å². The van der Waals surface area contributed by atoms with Crippen LogP contribution in [-0.4, -0.2) is 9.97 Å². The molecule has 4 nitrogen and oxygen atoms in total. The summed E-state index contributed by atoms with van der Waals surface area (Å²) < 4.78 is 42.6. The molecule has 0 aliphatic rings. The number of ether oxygens (including phenoxy) is 1. The van der Waals surface area contributed by atoms with Crippen molar-refractivity contribution >= 4 is 5.82 Å². The lowest BCUT2D eigenvalue weighted by atomic mass is 10.2. The van der Waals surface area contributed by atoms with Crippen LogP contribution in [0.5, 0.6) is 5.88 Å². The third-order valence-electron chi connectivity index (χ3n) is 2.21. The number of benzene rings is 1. The van der Waals surface area contributed by atoms with Crippen molar-refractivity contribution in [1.82, 2.24) is 9.97 Å². The molecular formula is C12H10F3N3O. The second-order valence-corrected chi connectivity index (χ2v) is 3.73. The molecule has 0 unspecified atom stereocenters. The third kappa shape index (κ3) is 3.57. The number of rotatable bonds is 3. The Morgan fingerprint density at radius 1 is 1.11 bits per heavy atom. The highest BCUT2D eigenvalue weighted by Crippen LogP contribution is 2.28. The molecule has 2 N–H and O–H groups in total. The SMILES string of the molecule is Nc1cc(OCc2ccccc2)nc(C(F)(F)F)n1. The molecule has 0 aliphatic heterocycles. The number of nitrogen functional groups attached to an aromatic ring is 1. The van der Waals surface area contributed by atoms with E-state index in [2.05, 4.69) is 9.97 Å². The lowest BCUT2D eigenvalue weighted by Gasteiger charge is -2.09. The van der Waals surface area contributed by atoms with E-state index in [-0.39, 0.29) is 18.3 Å². The number of hydrogen-bond donors (Lipinski definition) is 1. The van der Waals surface area contributed by atoms with Gasteiger partial charge in [0, 0.05) is 6.07 Å². The quantitative estimate of drug-likeness (QED) is 0.930. The van der Waals surface area contributed by atoms with Gasteiger partial charge in [-0.25, -0.2) is 4.98 Å². The van der Waals surface area contributed by atoms with Gasteiger partial charge in [-0.3, -0.25) is 0 Å². The molecule has 1 aromatic carbocycles. The number of aromatic nitrogens is 2. The second kappa shape index (κ2) is 5.13. The van der Waals surface area contributed by atoms with E-state index in [1.807, 2.05) is 6.07 Å². The van der Waals surface area contributed by atoms with Crippen LogP contribution in [0.4, 0.5) is 19.0 Å². The first kappa shape index (κ1) is 13.1. The first-order valence-electron chi connectivity index (χ1n) is 5.33. The maximum atomic E-state index is 12.5. The van der Waals surface area contributed by atoms with E-state index >= 15 is 0 Å². The van der Waals surface area contributed by atoms with Gasteiger partial charge in [-0.15, -0.1) is 0 Å². The molecule has 0 saturated heterocycles. The molecule has 19 heavy (non-hydrogen) atoms. The van der Waals surface area contributed by atoms with E-state index < -0.39 is 12.0 Å². The first-order chi connectivity index (χ1) is 8.95. The van der Waals surface area contributed by atoms with Crippen molar-refractivity contribution in [3.8, 4) is 5.88 Å². The zero-order valence-corrected chi connectivity index (χ0v) is 9.69. The van der Waals surface area contributed by atoms with E-state index in [1.54, 1.807) is 24.3 Å². The number of nitrogens with two attached hydrogens (primary N) is 1. The maximum Gasteiger partial charge on any atom is 0.451 e. The highest BCUT2D eigenvalue weighted by Gasteiger charge is 2.35. The zero-order valence-electron chi connectivity index (χ0n) is 9.69. The number of alkyl halides is 3. The van der Waals surface area contributed by atoms with Crippen molar-refractivity contribution in [3.05, 3.63) is 47.8 Å². The van der Waals surface area contributed by atoms with Crippen LogP contribution in [-0.2, 0) is 12.8 Å². The van der Waals surface area contributed by atoms with Crippen LogP contribution < -0.4 is 10.5 Å². The molecule has 0 fully saturated rings. The van der Waals surface area contributed by atoms with Crippen LogP contribution in [0, 0.1) is 0 Å². The van der Waals surface area contributed by atoms with E-state index in [0.29, 0.717) is 0 Å². The molecule has 2 aromatic rings. The Morgan fingerprint density at radius 3 is 2.42 bits per heavy atom. The predicted molar refractivity (Wildman–Crippen MR) is 62.2 cm³/mol. The second-order valence-electron chi connectivity index (χ2n) is 3.73. The minimum atomic E-state index is -4.65. The van der Waals surface area contributed by atoms with Crippen LogP contribution in [0.1, 0.15) is 11.4 Å². The summed E-state index contributed by atoms with van der Waals surface area (Å²) in [5, 5.41) is 0. The van der Waals surface area contributed by atoms with Crippen molar-refractivity contribution in [2.75, 3.05) is 5.73 Å². The Balaban J connectivity index is 2.15. The Kier molecular flexibility index (Phi) is 3.55. The van der Waals surface area contributed by atoms with Crippen LogP contribution >= 0.6 is 0 Å². The molecule has 0 spiro atoms. The van der Waals surface area contributed by atoms with Crippen molar-refractivity contribution in [1.29, 1.82) is 0 Å². The minimum absolute atomic E-state index is 0.106. The molecular weight excluding hydrogens is 259 g/mol. The fourth-order valence-corrected chi connectivity index (χ4v) is 1.37. The van der Waals surface area contributed by atoms with Gasteiger partial charge in [-0.05, 0) is 5.56 Å². The molecule has 0 atom stereocenters. The number of halogens is 3. The van der Waals surface area contributed by atoms with Crippen LogP contribution in [0.15, 0.2) is 36.4 Å². The van der Waals surface area contributed by atoms with Gasteiger partial charge in [0.05, 0.1) is 0 Å². The van der Waals surface area contributed by atoms with E-state index in [4.69, 9.17) is 10.5 Å². The molecule has 100 valence electrons. The van der Waals surface area contributed by atoms with Crippen molar-refractivity contribution < 1.29 is 17.9 Å². The number of nitrogens with zero attached hydrogens (tertiary/aromatic N) is 2. The smallest absolute Gasteiger partial charge is 0.451 e. The van der Waals surface area contributed by atoms with Gasteiger partial charge in [0.1, 0.15) is 12.4 Å². The zero-order chi connectivity index (χ0) is 13.9. The fourth-order valence-electron chi connectivity index (χ4n) is 1.37. The Morgan fingerprint density at radius 2 is 1.79 bits per heavy atom. The van der Waals surface area contributed by atoms with Crippen LogP contribution in [0.2, 0.25) is 0 Å². The van der Waals surface area contributed by atoms with E-state index in [9.17, 15) is 13.2 Å². The fraction of sp³-hybridized carbons (Fsp3) is 0.167. The van der Waals surface area contributed by atoms with Gasteiger partial charge in [0.15, 0.2) is 0 Å². The van der Waals surface area contributed by atoms with Crippen molar-refractivity contribution in [2.24, 2.45) is 0 Å².